The smallest absolute Gasteiger partial charge is 0.0886 e. The number of hydrogen-bond acceptors (Lipinski definition) is 2. The van der Waals surface area contributed by atoms with Gasteiger partial charge in [-0.15, -0.1) is 0 Å². The number of fused-ring (bicyclic) bond motifs is 1. The van der Waals surface area contributed by atoms with Crippen LogP contribution in [-0.2, 0) is 0 Å². The number of hydrogen-bond donors (Lipinski definition) is 0. The van der Waals surface area contributed by atoms with Crippen LogP contribution >= 0.6 is 0 Å². The lowest BCUT2D eigenvalue weighted by molar-refractivity contribution is 0.955. The molecule has 0 aromatic carbocycles. The lowest BCUT2D eigenvalue weighted by Gasteiger charge is -1.95. The molecule has 1 aromatic heterocycles. The molecule has 0 amide bonds. The maximum Gasteiger partial charge on any atom is 0.0886 e. The van der Waals surface area contributed by atoms with Crippen molar-refractivity contribution in [2.24, 2.45) is 0 Å². The Hall–Kier alpha value is -1.18. The van der Waals surface area contributed by atoms with Crippen LogP contribution in [-0.4, -0.2) is 10.2 Å². The summed E-state index contributed by atoms with van der Waals surface area (Å²) in [5.41, 5.74) is 0. The Morgan fingerprint density at radius 3 is 3.00 bits per heavy atom. The van der Waals surface area contributed by atoms with E-state index in [0.717, 1.165) is 18.2 Å². The monoisotopic (exact) mass is 132 g/mol. The van der Waals surface area contributed by atoms with Gasteiger partial charge >= 0.3 is 0 Å². The average molecular weight is 132 g/mol. The molecule has 0 radical (unpaired) electrons. The second-order valence-corrected chi connectivity index (χ2v) is 2.36. The van der Waals surface area contributed by atoms with E-state index in [1.807, 2.05) is 6.07 Å². The van der Waals surface area contributed by atoms with Gasteiger partial charge in [-0.2, -0.15) is 10.2 Å². The summed E-state index contributed by atoms with van der Waals surface area (Å²) in [4.78, 5) is 0. The average Bonchev–Trinajstić information content (AvgIpc) is 2.05. The number of aromatic nitrogens is 2. The van der Waals surface area contributed by atoms with Crippen LogP contribution in [0.4, 0.5) is 0 Å². The van der Waals surface area contributed by atoms with Crippen molar-refractivity contribution < 1.29 is 0 Å². The van der Waals surface area contributed by atoms with E-state index in [1.165, 1.54) is 5.22 Å². The fourth-order valence-corrected chi connectivity index (χ4v) is 1.14. The molecule has 2 heteroatoms. The lowest BCUT2D eigenvalue weighted by atomic mass is 10.1. The first kappa shape index (κ1) is 5.59. The molecule has 10 heavy (non-hydrogen) atoms. The van der Waals surface area contributed by atoms with Crippen LogP contribution in [0.15, 0.2) is 12.3 Å². The summed E-state index contributed by atoms with van der Waals surface area (Å²) >= 11 is 0. The first-order valence-corrected chi connectivity index (χ1v) is 3.45. The summed E-state index contributed by atoms with van der Waals surface area (Å²) in [6.07, 6.45) is 8.30. The highest BCUT2D eigenvalue weighted by Gasteiger charge is 1.91. The first-order chi connectivity index (χ1) is 4.97. The van der Waals surface area contributed by atoms with E-state index in [4.69, 9.17) is 0 Å². The van der Waals surface area contributed by atoms with Crippen LogP contribution in [0.25, 0.3) is 12.2 Å². The van der Waals surface area contributed by atoms with Crippen molar-refractivity contribution in [3.8, 4) is 0 Å². The Kier molecular flexibility index (Phi) is 1.24. The van der Waals surface area contributed by atoms with Gasteiger partial charge < -0.3 is 0 Å². The third-order valence-corrected chi connectivity index (χ3v) is 1.65. The molecule has 50 valence electrons. The van der Waals surface area contributed by atoms with Gasteiger partial charge in [0, 0.05) is 0 Å². The molecule has 1 aliphatic carbocycles. The summed E-state index contributed by atoms with van der Waals surface area (Å²) in [6, 6.07) is 2.00. The van der Waals surface area contributed by atoms with Crippen molar-refractivity contribution in [2.75, 3.05) is 0 Å². The first-order valence-electron chi connectivity index (χ1n) is 3.45. The minimum absolute atomic E-state index is 1.04. The SMILES string of the molecule is C1=c2ccnnc2=CCC1. The molecule has 0 aliphatic heterocycles. The molecular formula is C8H8N2. The predicted molar refractivity (Wildman–Crippen MR) is 39.4 cm³/mol. The normalized spacial score (nSPS) is 14.8. The molecule has 0 bridgehead atoms. The van der Waals surface area contributed by atoms with E-state index >= 15 is 0 Å². The molecular weight excluding hydrogens is 124 g/mol. The zero-order valence-corrected chi connectivity index (χ0v) is 5.62. The summed E-state index contributed by atoms with van der Waals surface area (Å²) in [5.74, 6) is 0. The Balaban J connectivity index is 2.84. The largest absolute Gasteiger partial charge is 0.159 e. The summed E-state index contributed by atoms with van der Waals surface area (Å²) < 4.78 is 0. The van der Waals surface area contributed by atoms with E-state index < -0.39 is 0 Å². The molecule has 0 fully saturated rings. The lowest BCUT2D eigenvalue weighted by Crippen LogP contribution is -2.30. The van der Waals surface area contributed by atoms with Crippen molar-refractivity contribution in [3.05, 3.63) is 22.8 Å². The van der Waals surface area contributed by atoms with E-state index in [1.54, 1.807) is 6.20 Å². The molecule has 1 aliphatic rings. The predicted octanol–water partition coefficient (Wildman–Crippen LogP) is -0.169. The van der Waals surface area contributed by atoms with E-state index in [-0.39, 0.29) is 0 Å². The Morgan fingerprint density at radius 2 is 2.10 bits per heavy atom. The molecule has 0 saturated heterocycles. The van der Waals surface area contributed by atoms with Gasteiger partial charge in [0.2, 0.25) is 0 Å². The van der Waals surface area contributed by atoms with Gasteiger partial charge in [-0.05, 0) is 24.1 Å². The molecule has 2 rings (SSSR count). The van der Waals surface area contributed by atoms with Crippen molar-refractivity contribution in [1.29, 1.82) is 0 Å². The van der Waals surface area contributed by atoms with E-state index in [9.17, 15) is 0 Å². The third-order valence-electron chi connectivity index (χ3n) is 1.65. The molecule has 0 atom stereocenters. The van der Waals surface area contributed by atoms with Crippen LogP contribution in [0.1, 0.15) is 12.8 Å². The summed E-state index contributed by atoms with van der Waals surface area (Å²) in [6.45, 7) is 0. The Labute approximate surface area is 58.9 Å². The van der Waals surface area contributed by atoms with Crippen molar-refractivity contribution >= 4 is 12.2 Å². The maximum absolute atomic E-state index is 3.98. The molecule has 0 N–H and O–H groups in total. The van der Waals surface area contributed by atoms with Gasteiger partial charge in [-0.3, -0.25) is 0 Å². The van der Waals surface area contributed by atoms with Crippen LogP contribution < -0.4 is 10.6 Å². The zero-order chi connectivity index (χ0) is 6.81. The molecule has 0 saturated carbocycles. The number of rotatable bonds is 0. The summed E-state index contributed by atoms with van der Waals surface area (Å²) in [5, 5.41) is 10.0. The van der Waals surface area contributed by atoms with Crippen LogP contribution in [0, 0.1) is 0 Å². The van der Waals surface area contributed by atoms with Gasteiger partial charge in [0.05, 0.1) is 11.5 Å². The van der Waals surface area contributed by atoms with E-state index in [0.29, 0.717) is 0 Å². The molecule has 1 heterocycles. The van der Waals surface area contributed by atoms with Crippen molar-refractivity contribution in [1.82, 2.24) is 10.2 Å². The van der Waals surface area contributed by atoms with Crippen molar-refractivity contribution in [2.45, 2.75) is 12.8 Å². The van der Waals surface area contributed by atoms with Crippen molar-refractivity contribution in [3.63, 3.8) is 0 Å². The van der Waals surface area contributed by atoms with Crippen LogP contribution in [0.3, 0.4) is 0 Å². The van der Waals surface area contributed by atoms with Crippen LogP contribution in [0.5, 0.6) is 0 Å². The fourth-order valence-electron chi connectivity index (χ4n) is 1.14. The Morgan fingerprint density at radius 1 is 1.20 bits per heavy atom. The highest BCUT2D eigenvalue weighted by Crippen LogP contribution is 1.92. The molecule has 1 aromatic rings. The maximum atomic E-state index is 3.98. The quantitative estimate of drug-likeness (QED) is 0.490. The van der Waals surface area contributed by atoms with E-state index in [2.05, 4.69) is 22.3 Å². The van der Waals surface area contributed by atoms with Gasteiger partial charge in [0.1, 0.15) is 0 Å². The summed E-state index contributed by atoms with van der Waals surface area (Å²) in [7, 11) is 0. The van der Waals surface area contributed by atoms with Gasteiger partial charge in [-0.1, -0.05) is 12.2 Å². The van der Waals surface area contributed by atoms with Crippen LogP contribution in [0.2, 0.25) is 0 Å². The second kappa shape index (κ2) is 2.21. The van der Waals surface area contributed by atoms with Gasteiger partial charge in [-0.25, -0.2) is 0 Å². The standard InChI is InChI=1S/C8H8N2/c1-2-4-8-7(3-1)5-6-9-10-8/h3-6H,1-2H2. The van der Waals surface area contributed by atoms with Gasteiger partial charge in [0.15, 0.2) is 0 Å². The molecule has 2 nitrogen and oxygen atoms in total. The minimum atomic E-state index is 1.04. The second-order valence-electron chi connectivity index (χ2n) is 2.36. The third kappa shape index (κ3) is 0.817. The molecule has 0 spiro atoms. The highest BCUT2D eigenvalue weighted by molar-refractivity contribution is 5.34. The number of nitrogens with zero attached hydrogens (tertiary/aromatic N) is 2. The fraction of sp³-hybridized carbons (Fsp3) is 0.250. The highest BCUT2D eigenvalue weighted by atomic mass is 15.1. The molecule has 0 unspecified atom stereocenters. The minimum Gasteiger partial charge on any atom is -0.159 e. The van der Waals surface area contributed by atoms with Gasteiger partial charge in [0.25, 0.3) is 0 Å². The Bertz CT molecular complexity index is 306. The topological polar surface area (TPSA) is 25.8 Å². The zero-order valence-electron chi connectivity index (χ0n) is 5.62.